The average Bonchev–Trinajstić information content (AvgIpc) is 3.32. The third kappa shape index (κ3) is 4.30. The van der Waals surface area contributed by atoms with Crippen molar-refractivity contribution in [3.05, 3.63) is 104 Å². The summed E-state index contributed by atoms with van der Waals surface area (Å²) in [4.78, 5) is 26.2. The number of sulfonamides is 1. The molecular formula is C25H21N3O7S. The Morgan fingerprint density at radius 1 is 1.00 bits per heavy atom. The van der Waals surface area contributed by atoms with Gasteiger partial charge in [-0.3, -0.25) is 14.9 Å². The van der Waals surface area contributed by atoms with E-state index in [1.165, 1.54) is 18.2 Å². The van der Waals surface area contributed by atoms with Crippen LogP contribution in [0.25, 0.3) is 10.9 Å². The van der Waals surface area contributed by atoms with Crippen molar-refractivity contribution in [3.8, 4) is 11.5 Å². The Balaban J connectivity index is 1.61. The summed E-state index contributed by atoms with van der Waals surface area (Å²) in [5, 5.41) is 12.4. The highest BCUT2D eigenvalue weighted by molar-refractivity contribution is 7.89. The second-order valence-corrected chi connectivity index (χ2v) is 10.3. The summed E-state index contributed by atoms with van der Waals surface area (Å²) in [7, 11) is -4.40. The quantitative estimate of drug-likeness (QED) is 0.297. The maximum Gasteiger partial charge on any atom is 0.289 e. The topological polar surface area (TPSA) is 132 Å². The zero-order valence-corrected chi connectivity index (χ0v) is 19.9. The van der Waals surface area contributed by atoms with E-state index in [2.05, 4.69) is 4.98 Å². The largest absolute Gasteiger partial charge is 0.454 e. The lowest BCUT2D eigenvalue weighted by Crippen LogP contribution is -2.33. The van der Waals surface area contributed by atoms with Crippen molar-refractivity contribution in [2.75, 3.05) is 6.79 Å². The Hall–Kier alpha value is -4.22. The first-order valence-electron chi connectivity index (χ1n) is 11.0. The van der Waals surface area contributed by atoms with Crippen molar-refractivity contribution in [3.63, 3.8) is 0 Å². The van der Waals surface area contributed by atoms with E-state index in [1.807, 2.05) is 25.1 Å². The second-order valence-electron chi connectivity index (χ2n) is 8.35. The van der Waals surface area contributed by atoms with Crippen LogP contribution in [0.5, 0.6) is 11.5 Å². The van der Waals surface area contributed by atoms with Crippen LogP contribution in [0.3, 0.4) is 0 Å². The molecule has 0 atom stereocenters. The Morgan fingerprint density at radius 3 is 2.58 bits per heavy atom. The van der Waals surface area contributed by atoms with Crippen LogP contribution in [0, 0.1) is 17.0 Å². The maximum atomic E-state index is 13.8. The lowest BCUT2D eigenvalue weighted by Gasteiger charge is -2.22. The Bertz CT molecular complexity index is 1660. The molecule has 0 saturated carbocycles. The van der Waals surface area contributed by atoms with Crippen molar-refractivity contribution in [1.29, 1.82) is 0 Å². The Morgan fingerprint density at radius 2 is 1.78 bits per heavy atom. The molecule has 36 heavy (non-hydrogen) atoms. The lowest BCUT2D eigenvalue weighted by molar-refractivity contribution is -0.387. The summed E-state index contributed by atoms with van der Waals surface area (Å²) >= 11 is 0. The van der Waals surface area contributed by atoms with E-state index in [0.29, 0.717) is 22.6 Å². The molecule has 0 radical (unpaired) electrons. The molecule has 10 nitrogen and oxygen atoms in total. The number of aromatic amines is 1. The lowest BCUT2D eigenvalue weighted by atomic mass is 10.1. The first-order valence-corrected chi connectivity index (χ1v) is 12.4. The molecular weight excluding hydrogens is 486 g/mol. The number of fused-ring (bicyclic) bond motifs is 2. The molecule has 0 unspecified atom stereocenters. The zero-order valence-electron chi connectivity index (χ0n) is 19.1. The number of para-hydroxylation sites is 2. The van der Waals surface area contributed by atoms with Crippen LogP contribution in [-0.2, 0) is 23.1 Å². The number of nitrogens with one attached hydrogen (secondary N) is 1. The number of nitro groups is 1. The first-order chi connectivity index (χ1) is 17.2. The molecule has 2 heterocycles. The van der Waals surface area contributed by atoms with Gasteiger partial charge >= 0.3 is 0 Å². The van der Waals surface area contributed by atoms with Gasteiger partial charge in [0.15, 0.2) is 16.4 Å². The van der Waals surface area contributed by atoms with E-state index in [-0.39, 0.29) is 25.4 Å². The monoisotopic (exact) mass is 507 g/mol. The van der Waals surface area contributed by atoms with E-state index < -0.39 is 31.1 Å². The fourth-order valence-electron chi connectivity index (χ4n) is 4.17. The third-order valence-corrected chi connectivity index (χ3v) is 7.83. The average molecular weight is 508 g/mol. The Labute approximate surface area is 205 Å². The van der Waals surface area contributed by atoms with Crippen LogP contribution in [0.4, 0.5) is 5.69 Å². The zero-order chi connectivity index (χ0) is 25.4. The van der Waals surface area contributed by atoms with Gasteiger partial charge in [0.05, 0.1) is 10.4 Å². The number of rotatable bonds is 7. The fraction of sp³-hybridized carbons (Fsp3) is 0.160. The minimum absolute atomic E-state index is 0.0584. The molecule has 0 fully saturated rings. The number of H-pyrrole nitrogens is 1. The van der Waals surface area contributed by atoms with E-state index in [9.17, 15) is 23.3 Å². The predicted octanol–water partition coefficient (Wildman–Crippen LogP) is 3.86. The molecule has 1 aromatic heterocycles. The normalized spacial score (nSPS) is 12.8. The number of ether oxygens (including phenoxy) is 2. The SMILES string of the molecule is Cc1cccc2cc(CN(Cc3ccc4c(c3)OCO4)S(=O)(=O)c3ccccc3[N+](=O)[O-])c(=O)[nH]c12. The Kier molecular flexibility index (Phi) is 5.94. The van der Waals surface area contributed by atoms with Gasteiger partial charge in [0.1, 0.15) is 0 Å². The smallest absolute Gasteiger partial charge is 0.289 e. The molecule has 0 aliphatic carbocycles. The van der Waals surface area contributed by atoms with Gasteiger partial charge in [-0.25, -0.2) is 8.42 Å². The highest BCUT2D eigenvalue weighted by Crippen LogP contribution is 2.34. The minimum atomic E-state index is -4.40. The van der Waals surface area contributed by atoms with Crippen LogP contribution >= 0.6 is 0 Å². The number of nitro benzene ring substituents is 1. The highest BCUT2D eigenvalue weighted by Gasteiger charge is 2.32. The van der Waals surface area contributed by atoms with Gasteiger partial charge in [-0.15, -0.1) is 0 Å². The van der Waals surface area contributed by atoms with E-state index in [0.717, 1.165) is 21.3 Å². The van der Waals surface area contributed by atoms with Crippen LogP contribution < -0.4 is 15.0 Å². The summed E-state index contributed by atoms with van der Waals surface area (Å²) < 4.78 is 39.3. The standard InChI is InChI=1S/C25H21N3O7S/c1-16-5-4-6-18-12-19(25(29)26-24(16)18)14-27(13-17-9-10-21-22(11-17)35-15-34-21)36(32,33)23-8-3-2-7-20(23)28(30)31/h2-12H,13-15H2,1H3,(H,26,29). The summed E-state index contributed by atoms with van der Waals surface area (Å²) in [6.07, 6.45) is 0. The number of hydrogen-bond donors (Lipinski definition) is 1. The van der Waals surface area contributed by atoms with Crippen molar-refractivity contribution < 1.29 is 22.8 Å². The summed E-state index contributed by atoms with van der Waals surface area (Å²) in [6, 6.07) is 17.3. The van der Waals surface area contributed by atoms with Crippen LogP contribution in [0.1, 0.15) is 16.7 Å². The van der Waals surface area contributed by atoms with E-state index in [1.54, 1.807) is 24.3 Å². The van der Waals surface area contributed by atoms with Crippen molar-refractivity contribution in [1.82, 2.24) is 9.29 Å². The molecule has 0 amide bonds. The summed E-state index contributed by atoms with van der Waals surface area (Å²) in [5.41, 5.74) is 1.32. The van der Waals surface area contributed by atoms with E-state index >= 15 is 0 Å². The third-order valence-electron chi connectivity index (χ3n) is 5.99. The molecule has 5 rings (SSSR count). The predicted molar refractivity (Wildman–Crippen MR) is 131 cm³/mol. The van der Waals surface area contributed by atoms with Crippen LogP contribution in [0.15, 0.2) is 76.4 Å². The molecule has 1 aliphatic rings. The number of pyridine rings is 1. The van der Waals surface area contributed by atoms with Gasteiger partial charge in [0.25, 0.3) is 21.3 Å². The molecule has 0 bridgehead atoms. The second kappa shape index (κ2) is 9.10. The number of benzene rings is 3. The molecule has 0 spiro atoms. The summed E-state index contributed by atoms with van der Waals surface area (Å²) in [5.74, 6) is 1.00. The molecule has 1 N–H and O–H groups in total. The molecule has 11 heteroatoms. The fourth-order valence-corrected chi connectivity index (χ4v) is 5.73. The molecule has 4 aromatic rings. The molecule has 1 aliphatic heterocycles. The van der Waals surface area contributed by atoms with Crippen molar-refractivity contribution in [2.24, 2.45) is 0 Å². The van der Waals surface area contributed by atoms with Gasteiger partial charge in [0, 0.05) is 24.7 Å². The number of hydrogen-bond acceptors (Lipinski definition) is 7. The van der Waals surface area contributed by atoms with Gasteiger partial charge in [0.2, 0.25) is 6.79 Å². The number of nitrogens with zero attached hydrogens (tertiary/aromatic N) is 2. The summed E-state index contributed by atoms with van der Waals surface area (Å²) in [6.45, 7) is 1.46. The van der Waals surface area contributed by atoms with Gasteiger partial charge < -0.3 is 14.5 Å². The molecule has 0 saturated heterocycles. The molecule has 3 aromatic carbocycles. The van der Waals surface area contributed by atoms with Crippen LogP contribution in [0.2, 0.25) is 0 Å². The van der Waals surface area contributed by atoms with E-state index in [4.69, 9.17) is 9.47 Å². The van der Waals surface area contributed by atoms with Gasteiger partial charge in [-0.1, -0.05) is 36.4 Å². The first kappa shape index (κ1) is 23.5. The van der Waals surface area contributed by atoms with Crippen molar-refractivity contribution >= 4 is 26.6 Å². The van der Waals surface area contributed by atoms with Gasteiger partial charge in [-0.2, -0.15) is 4.31 Å². The van der Waals surface area contributed by atoms with Crippen LogP contribution in [-0.4, -0.2) is 29.4 Å². The van der Waals surface area contributed by atoms with Crippen molar-refractivity contribution in [2.45, 2.75) is 24.9 Å². The highest BCUT2D eigenvalue weighted by atomic mass is 32.2. The number of aryl methyl sites for hydroxylation is 1. The van der Waals surface area contributed by atoms with Gasteiger partial charge in [-0.05, 0) is 47.7 Å². The number of aromatic nitrogens is 1. The maximum absolute atomic E-state index is 13.8. The molecule has 184 valence electrons. The minimum Gasteiger partial charge on any atom is -0.454 e.